The molecule has 0 heterocycles. The summed E-state index contributed by atoms with van der Waals surface area (Å²) in [6.07, 6.45) is 14.8. The van der Waals surface area contributed by atoms with E-state index in [2.05, 4.69) is 12.2 Å². The third kappa shape index (κ3) is 15.9. The molecule has 0 amide bonds. The molecule has 0 aromatic heterocycles. The number of aliphatic hydroxyl groups is 2. The second-order valence-corrected chi connectivity index (χ2v) is 5.91. The molecule has 0 aliphatic heterocycles. The van der Waals surface area contributed by atoms with Gasteiger partial charge in [0.2, 0.25) is 0 Å². The summed E-state index contributed by atoms with van der Waals surface area (Å²) in [5.74, 6) is 0. The van der Waals surface area contributed by atoms with E-state index in [1.807, 2.05) is 0 Å². The monoisotopic (exact) mass is 287 g/mol. The van der Waals surface area contributed by atoms with E-state index >= 15 is 0 Å². The van der Waals surface area contributed by atoms with Crippen molar-refractivity contribution in [2.24, 2.45) is 0 Å². The van der Waals surface area contributed by atoms with Crippen LogP contribution in [0.2, 0.25) is 0 Å². The first-order valence-electron chi connectivity index (χ1n) is 8.81. The first-order chi connectivity index (χ1) is 9.81. The zero-order valence-corrected chi connectivity index (χ0v) is 13.6. The van der Waals surface area contributed by atoms with Crippen molar-refractivity contribution in [2.45, 2.75) is 90.1 Å². The van der Waals surface area contributed by atoms with Crippen LogP contribution < -0.4 is 5.32 Å². The normalized spacial score (nSPS) is 12.8. The summed E-state index contributed by atoms with van der Waals surface area (Å²) in [5, 5.41) is 21.5. The molecule has 3 nitrogen and oxygen atoms in total. The molecule has 0 bridgehead atoms. The van der Waals surface area contributed by atoms with Gasteiger partial charge in [0, 0.05) is 13.2 Å². The Kier molecular flexibility index (Phi) is 16.8. The van der Waals surface area contributed by atoms with Crippen molar-refractivity contribution >= 4 is 0 Å². The molecule has 0 saturated heterocycles. The fraction of sp³-hybridized carbons (Fsp3) is 1.00. The average molecular weight is 287 g/mol. The Morgan fingerprint density at radius 2 is 1.35 bits per heavy atom. The van der Waals surface area contributed by atoms with Crippen LogP contribution in [0.3, 0.4) is 0 Å². The van der Waals surface area contributed by atoms with Gasteiger partial charge in [0.25, 0.3) is 0 Å². The lowest BCUT2D eigenvalue weighted by Gasteiger charge is -2.11. The highest BCUT2D eigenvalue weighted by atomic mass is 16.3. The summed E-state index contributed by atoms with van der Waals surface area (Å²) in [4.78, 5) is 0. The molecule has 0 spiro atoms. The van der Waals surface area contributed by atoms with Crippen LogP contribution in [0.15, 0.2) is 0 Å². The van der Waals surface area contributed by atoms with Crippen LogP contribution >= 0.6 is 0 Å². The molecular weight excluding hydrogens is 250 g/mol. The van der Waals surface area contributed by atoms with E-state index in [0.717, 1.165) is 25.8 Å². The second kappa shape index (κ2) is 16.9. The molecule has 1 unspecified atom stereocenters. The standard InChI is InChI=1S/C17H37NO2/c1-2-3-4-5-6-7-8-9-10-11-13-17(20)16-18-14-12-15-19/h17-20H,2-16H2,1H3. The van der Waals surface area contributed by atoms with Gasteiger partial charge in [0.05, 0.1) is 6.10 Å². The summed E-state index contributed by atoms with van der Waals surface area (Å²) < 4.78 is 0. The van der Waals surface area contributed by atoms with E-state index in [4.69, 9.17) is 5.11 Å². The van der Waals surface area contributed by atoms with Gasteiger partial charge in [-0.1, -0.05) is 71.1 Å². The lowest BCUT2D eigenvalue weighted by Crippen LogP contribution is -2.27. The lowest BCUT2D eigenvalue weighted by atomic mass is 10.0. The van der Waals surface area contributed by atoms with Crippen LogP contribution in [0.25, 0.3) is 0 Å². The lowest BCUT2D eigenvalue weighted by molar-refractivity contribution is 0.157. The molecule has 122 valence electrons. The van der Waals surface area contributed by atoms with E-state index in [-0.39, 0.29) is 12.7 Å². The predicted molar refractivity (Wildman–Crippen MR) is 87.0 cm³/mol. The van der Waals surface area contributed by atoms with Gasteiger partial charge in [0.1, 0.15) is 0 Å². The van der Waals surface area contributed by atoms with Crippen LogP contribution in [0.4, 0.5) is 0 Å². The maximum atomic E-state index is 9.75. The Morgan fingerprint density at radius 1 is 0.800 bits per heavy atom. The predicted octanol–water partition coefficient (Wildman–Crippen LogP) is 3.63. The Balaban J connectivity index is 3.07. The van der Waals surface area contributed by atoms with Gasteiger partial charge >= 0.3 is 0 Å². The van der Waals surface area contributed by atoms with Crippen molar-refractivity contribution in [1.29, 1.82) is 0 Å². The van der Waals surface area contributed by atoms with E-state index < -0.39 is 0 Å². The second-order valence-electron chi connectivity index (χ2n) is 5.91. The number of rotatable bonds is 16. The summed E-state index contributed by atoms with van der Waals surface area (Å²) in [6, 6.07) is 0. The number of hydrogen-bond acceptors (Lipinski definition) is 3. The van der Waals surface area contributed by atoms with Crippen molar-refractivity contribution in [3.05, 3.63) is 0 Å². The smallest absolute Gasteiger partial charge is 0.0664 e. The van der Waals surface area contributed by atoms with Crippen LogP contribution in [0.5, 0.6) is 0 Å². The molecule has 3 N–H and O–H groups in total. The largest absolute Gasteiger partial charge is 0.396 e. The highest BCUT2D eigenvalue weighted by Crippen LogP contribution is 2.11. The number of hydrogen-bond donors (Lipinski definition) is 3. The van der Waals surface area contributed by atoms with E-state index in [0.29, 0.717) is 6.54 Å². The van der Waals surface area contributed by atoms with Gasteiger partial charge in [-0.2, -0.15) is 0 Å². The van der Waals surface area contributed by atoms with Crippen molar-refractivity contribution < 1.29 is 10.2 Å². The van der Waals surface area contributed by atoms with Crippen molar-refractivity contribution in [2.75, 3.05) is 19.7 Å². The topological polar surface area (TPSA) is 52.5 Å². The van der Waals surface area contributed by atoms with Gasteiger partial charge < -0.3 is 15.5 Å². The van der Waals surface area contributed by atoms with Crippen molar-refractivity contribution in [3.63, 3.8) is 0 Å². The van der Waals surface area contributed by atoms with E-state index in [9.17, 15) is 5.11 Å². The summed E-state index contributed by atoms with van der Waals surface area (Å²) >= 11 is 0. The summed E-state index contributed by atoms with van der Waals surface area (Å²) in [6.45, 7) is 3.95. The summed E-state index contributed by atoms with van der Waals surface area (Å²) in [7, 11) is 0. The Labute approximate surface area is 126 Å². The minimum absolute atomic E-state index is 0.220. The van der Waals surface area contributed by atoms with Crippen LogP contribution in [-0.2, 0) is 0 Å². The van der Waals surface area contributed by atoms with Crippen LogP contribution in [0, 0.1) is 0 Å². The zero-order chi connectivity index (χ0) is 14.9. The van der Waals surface area contributed by atoms with E-state index in [1.54, 1.807) is 0 Å². The SMILES string of the molecule is CCCCCCCCCCCCC(O)CNCCCO. The molecule has 0 fully saturated rings. The maximum absolute atomic E-state index is 9.75. The minimum atomic E-state index is -0.220. The maximum Gasteiger partial charge on any atom is 0.0664 e. The fourth-order valence-corrected chi connectivity index (χ4v) is 2.44. The number of aliphatic hydroxyl groups excluding tert-OH is 2. The van der Waals surface area contributed by atoms with Crippen LogP contribution in [-0.4, -0.2) is 36.0 Å². The minimum Gasteiger partial charge on any atom is -0.396 e. The van der Waals surface area contributed by atoms with Crippen molar-refractivity contribution in [1.82, 2.24) is 5.32 Å². The molecule has 20 heavy (non-hydrogen) atoms. The molecule has 0 aromatic rings. The van der Waals surface area contributed by atoms with Gasteiger partial charge in [0.15, 0.2) is 0 Å². The van der Waals surface area contributed by atoms with Gasteiger partial charge in [-0.3, -0.25) is 0 Å². The molecule has 0 aliphatic carbocycles. The van der Waals surface area contributed by atoms with Gasteiger partial charge in [-0.05, 0) is 19.4 Å². The average Bonchev–Trinajstić information content (AvgIpc) is 2.45. The van der Waals surface area contributed by atoms with Crippen molar-refractivity contribution in [3.8, 4) is 0 Å². The molecule has 3 heteroatoms. The highest BCUT2D eigenvalue weighted by molar-refractivity contribution is 4.60. The Morgan fingerprint density at radius 3 is 1.90 bits per heavy atom. The van der Waals surface area contributed by atoms with E-state index in [1.165, 1.54) is 57.8 Å². The van der Waals surface area contributed by atoms with Crippen LogP contribution in [0.1, 0.15) is 84.0 Å². The first kappa shape index (κ1) is 19.9. The quantitative estimate of drug-likeness (QED) is 0.380. The number of nitrogens with one attached hydrogen (secondary N) is 1. The molecule has 0 aromatic carbocycles. The number of unbranched alkanes of at least 4 members (excludes halogenated alkanes) is 9. The first-order valence-corrected chi connectivity index (χ1v) is 8.81. The third-order valence-corrected chi connectivity index (χ3v) is 3.78. The Bertz CT molecular complexity index is 176. The highest BCUT2D eigenvalue weighted by Gasteiger charge is 2.02. The molecule has 0 radical (unpaired) electrons. The zero-order valence-electron chi connectivity index (χ0n) is 13.6. The van der Waals surface area contributed by atoms with Gasteiger partial charge in [-0.25, -0.2) is 0 Å². The third-order valence-electron chi connectivity index (χ3n) is 3.78. The van der Waals surface area contributed by atoms with Gasteiger partial charge in [-0.15, -0.1) is 0 Å². The Hall–Kier alpha value is -0.120. The molecule has 1 atom stereocenters. The summed E-state index contributed by atoms with van der Waals surface area (Å²) in [5.41, 5.74) is 0. The molecule has 0 aliphatic rings. The molecule has 0 rings (SSSR count). The molecule has 0 saturated carbocycles. The fourth-order valence-electron chi connectivity index (χ4n) is 2.44. The molecular formula is C17H37NO2.